The average Bonchev–Trinajstić information content (AvgIpc) is 3.79. The summed E-state index contributed by atoms with van der Waals surface area (Å²) in [5.74, 6) is 2.17. The predicted molar refractivity (Wildman–Crippen MR) is 255 cm³/mol. The van der Waals surface area contributed by atoms with Crippen molar-refractivity contribution >= 4 is 24.5 Å². The first-order chi connectivity index (χ1) is 27.7. The van der Waals surface area contributed by atoms with E-state index in [0.717, 1.165) is 13.0 Å². The standard InChI is InChI=1S/C56H77NOSi/c1-52(2,3)58-30-20-14-15-21-31-59(13,51-37-23-17-16-22-36(37)49-48(51)38-24-18-19-25-47(38)57(49)12)50-41-34-45-43(53(4,5)26-28-55(45,8)9)32-39(41)40-33-44-46(35-42(40)50)56(10,11)29-27-54(44,6)7/h16-19,22-25,32-35,39-42,49-50H,14-15,20-21,26-31H2,1-13H3. The van der Waals surface area contributed by atoms with Crippen molar-refractivity contribution in [3.05, 3.63) is 112 Å². The van der Waals surface area contributed by atoms with Crippen LogP contribution in [0.4, 0.5) is 5.69 Å². The fraction of sp³-hybridized carbons (Fsp3) is 0.607. The molecule has 0 aromatic heterocycles. The van der Waals surface area contributed by atoms with Crippen molar-refractivity contribution in [1.29, 1.82) is 0 Å². The maximum Gasteiger partial charge on any atom is 0.0892 e. The van der Waals surface area contributed by atoms with E-state index in [1.165, 1.54) is 62.2 Å². The van der Waals surface area contributed by atoms with Gasteiger partial charge in [0.15, 0.2) is 0 Å². The molecule has 3 fully saturated rings. The molecule has 2 aromatic rings. The molecule has 316 valence electrons. The third-order valence-electron chi connectivity index (χ3n) is 17.3. The Morgan fingerprint density at radius 1 is 0.610 bits per heavy atom. The highest BCUT2D eigenvalue weighted by atomic mass is 28.3. The highest BCUT2D eigenvalue weighted by Crippen LogP contribution is 2.70. The van der Waals surface area contributed by atoms with Gasteiger partial charge in [-0.1, -0.05) is 154 Å². The molecule has 1 aliphatic heterocycles. The maximum atomic E-state index is 6.21. The van der Waals surface area contributed by atoms with Gasteiger partial charge in [0.2, 0.25) is 0 Å². The maximum absolute atomic E-state index is 6.21. The van der Waals surface area contributed by atoms with Gasteiger partial charge in [0.25, 0.3) is 0 Å². The van der Waals surface area contributed by atoms with Gasteiger partial charge in [-0.3, -0.25) is 0 Å². The zero-order valence-electron chi connectivity index (χ0n) is 39.3. The SMILES string of the molecule is CN1c2ccccc2C2=C([Si](C)(CCCCCCOC(C)(C)C)C3C4C=C5C(=CC4C4C=C6C(=CC43)C(C)(C)CCC6(C)C)C(C)(C)CCC5(C)C)c3ccccc3C21. The van der Waals surface area contributed by atoms with E-state index < -0.39 is 8.07 Å². The molecule has 3 heteroatoms. The summed E-state index contributed by atoms with van der Waals surface area (Å²) in [7, 11) is 0.0306. The molecule has 0 N–H and O–H groups in total. The number of anilines is 1. The van der Waals surface area contributed by atoms with Gasteiger partial charge in [-0.15, -0.1) is 0 Å². The number of ether oxygens (including phenoxy) is 1. The molecule has 3 saturated carbocycles. The topological polar surface area (TPSA) is 12.5 Å². The van der Waals surface area contributed by atoms with E-state index in [4.69, 9.17) is 4.74 Å². The van der Waals surface area contributed by atoms with Gasteiger partial charge in [0.1, 0.15) is 0 Å². The van der Waals surface area contributed by atoms with Crippen LogP contribution < -0.4 is 4.90 Å². The van der Waals surface area contributed by atoms with E-state index in [2.05, 4.69) is 167 Å². The second-order valence-corrected chi connectivity index (χ2v) is 28.6. The number of benzene rings is 2. The summed E-state index contributed by atoms with van der Waals surface area (Å²) in [6, 6.07) is 20.7. The van der Waals surface area contributed by atoms with Crippen LogP contribution in [-0.2, 0) is 4.74 Å². The zero-order chi connectivity index (χ0) is 42.1. The summed E-state index contributed by atoms with van der Waals surface area (Å²) >= 11 is 0. The zero-order valence-corrected chi connectivity index (χ0v) is 40.3. The number of hydrogen-bond donors (Lipinski definition) is 0. The quantitative estimate of drug-likeness (QED) is 0.185. The number of hydrogen-bond acceptors (Lipinski definition) is 2. The second kappa shape index (κ2) is 14.1. The minimum Gasteiger partial charge on any atom is -0.376 e. The number of unbranched alkanes of at least 4 members (excludes halogenated alkanes) is 3. The Labute approximate surface area is 360 Å². The van der Waals surface area contributed by atoms with Gasteiger partial charge in [-0.05, 0) is 154 Å². The van der Waals surface area contributed by atoms with Gasteiger partial charge in [0, 0.05) is 24.9 Å². The molecular formula is C56H77NOSi. The van der Waals surface area contributed by atoms with Crippen LogP contribution >= 0.6 is 0 Å². The van der Waals surface area contributed by atoms with E-state index in [1.54, 1.807) is 39.0 Å². The van der Waals surface area contributed by atoms with Gasteiger partial charge in [0.05, 0.1) is 19.7 Å². The van der Waals surface area contributed by atoms with Crippen LogP contribution in [-0.4, -0.2) is 27.3 Å². The van der Waals surface area contributed by atoms with Gasteiger partial charge < -0.3 is 9.64 Å². The Bertz CT molecular complexity index is 2100. The van der Waals surface area contributed by atoms with Gasteiger partial charge in [-0.25, -0.2) is 0 Å². The Hall–Kier alpha value is -2.88. The van der Waals surface area contributed by atoms with Crippen LogP contribution in [0.15, 0.2) is 95.1 Å². The van der Waals surface area contributed by atoms with Crippen LogP contribution in [0.25, 0.3) is 10.8 Å². The molecule has 9 rings (SSSR count). The largest absolute Gasteiger partial charge is 0.376 e. The number of rotatable bonds is 9. The molecule has 2 aromatic carbocycles. The minimum atomic E-state index is -2.34. The van der Waals surface area contributed by atoms with E-state index in [1.807, 2.05) is 5.20 Å². The van der Waals surface area contributed by atoms with E-state index >= 15 is 0 Å². The Morgan fingerprint density at radius 2 is 1.07 bits per heavy atom. The lowest BCUT2D eigenvalue weighted by atomic mass is 9.56. The number of allylic oxidation sites excluding steroid dienone is 8. The molecule has 0 saturated heterocycles. The summed E-state index contributed by atoms with van der Waals surface area (Å²) in [6.45, 7) is 30.8. The molecular weight excluding hydrogens is 731 g/mol. The van der Waals surface area contributed by atoms with Crippen molar-refractivity contribution in [2.75, 3.05) is 18.6 Å². The van der Waals surface area contributed by atoms with E-state index in [-0.39, 0.29) is 27.3 Å². The Morgan fingerprint density at radius 3 is 1.59 bits per heavy atom. The van der Waals surface area contributed by atoms with Crippen molar-refractivity contribution in [2.24, 2.45) is 45.3 Å². The summed E-state index contributed by atoms with van der Waals surface area (Å²) < 4.78 is 6.21. The molecule has 0 spiro atoms. The lowest BCUT2D eigenvalue weighted by molar-refractivity contribution is -0.00471. The van der Waals surface area contributed by atoms with Crippen LogP contribution in [0.1, 0.15) is 150 Å². The Kier molecular flexibility index (Phi) is 9.89. The predicted octanol–water partition coefficient (Wildman–Crippen LogP) is 15.4. The first-order valence-electron chi connectivity index (χ1n) is 23.9. The fourth-order valence-corrected chi connectivity index (χ4v) is 19.8. The van der Waals surface area contributed by atoms with Crippen molar-refractivity contribution in [1.82, 2.24) is 0 Å². The van der Waals surface area contributed by atoms with Crippen LogP contribution in [0.3, 0.4) is 0 Å². The van der Waals surface area contributed by atoms with E-state index in [9.17, 15) is 0 Å². The number of nitrogens with zero attached hydrogens (tertiary/aromatic N) is 1. The lowest BCUT2D eigenvalue weighted by Gasteiger charge is -2.49. The van der Waals surface area contributed by atoms with E-state index in [0.29, 0.717) is 35.3 Å². The summed E-state index contributed by atoms with van der Waals surface area (Å²) in [5.41, 5.74) is 15.8. The highest BCUT2D eigenvalue weighted by Gasteiger charge is 2.62. The van der Waals surface area contributed by atoms with Gasteiger partial charge in [-0.2, -0.15) is 0 Å². The second-order valence-electron chi connectivity index (χ2n) is 24.1. The summed E-state index contributed by atoms with van der Waals surface area (Å²) in [4.78, 5) is 2.62. The molecule has 59 heavy (non-hydrogen) atoms. The smallest absolute Gasteiger partial charge is 0.0892 e. The molecule has 6 unspecified atom stereocenters. The molecule has 6 atom stereocenters. The third kappa shape index (κ3) is 6.63. The monoisotopic (exact) mass is 808 g/mol. The molecule has 1 heterocycles. The molecule has 0 radical (unpaired) electrons. The molecule has 0 bridgehead atoms. The van der Waals surface area contributed by atoms with Crippen molar-refractivity contribution in [2.45, 2.75) is 157 Å². The molecule has 2 nitrogen and oxygen atoms in total. The Balaban J connectivity index is 1.25. The lowest BCUT2D eigenvalue weighted by Crippen LogP contribution is -2.44. The number of para-hydroxylation sites is 1. The normalized spacial score (nSPS) is 31.3. The van der Waals surface area contributed by atoms with Crippen molar-refractivity contribution in [3.63, 3.8) is 0 Å². The van der Waals surface area contributed by atoms with Gasteiger partial charge >= 0.3 is 0 Å². The molecule has 7 aliphatic rings. The summed E-state index contributed by atoms with van der Waals surface area (Å²) in [6.07, 6.45) is 21.9. The third-order valence-corrected chi connectivity index (χ3v) is 22.6. The number of fused-ring (bicyclic) bond motifs is 10. The highest BCUT2D eigenvalue weighted by molar-refractivity contribution is 6.98. The van der Waals surface area contributed by atoms with Crippen LogP contribution in [0.2, 0.25) is 18.1 Å². The molecule has 6 aliphatic carbocycles. The van der Waals surface area contributed by atoms with Crippen molar-refractivity contribution < 1.29 is 4.74 Å². The fourth-order valence-electron chi connectivity index (χ4n) is 13.9. The molecule has 0 amide bonds. The first-order valence-corrected chi connectivity index (χ1v) is 26.6. The van der Waals surface area contributed by atoms with Crippen molar-refractivity contribution in [3.8, 4) is 0 Å². The van der Waals surface area contributed by atoms with Crippen LogP contribution in [0.5, 0.6) is 0 Å². The first kappa shape index (κ1) is 41.5. The summed E-state index contributed by atoms with van der Waals surface area (Å²) in [5, 5.41) is 1.81. The average molecular weight is 808 g/mol. The number of likely N-dealkylation sites (N-methyl/N-ethyl adjacent to an activating group) is 1. The minimum absolute atomic E-state index is 0.0676. The van der Waals surface area contributed by atoms with Crippen LogP contribution in [0, 0.1) is 45.3 Å².